The minimum absolute atomic E-state index is 0.0176. The van der Waals surface area contributed by atoms with Crippen molar-refractivity contribution in [3.63, 3.8) is 0 Å². The van der Waals surface area contributed by atoms with Crippen LogP contribution < -0.4 is 9.80 Å². The van der Waals surface area contributed by atoms with E-state index in [1.807, 2.05) is 41.3 Å². The molecule has 5 rings (SSSR count). The fourth-order valence-corrected chi connectivity index (χ4v) is 7.71. The molecule has 0 aliphatic carbocycles. The molecule has 10 heteroatoms. The Hall–Kier alpha value is -3.05. The van der Waals surface area contributed by atoms with Gasteiger partial charge in [-0.05, 0) is 44.5 Å². The molecule has 2 fully saturated rings. The maximum Gasteiger partial charge on any atom is 0.245 e. The molecule has 0 radical (unpaired) electrons. The Morgan fingerprint density at radius 3 is 2.25 bits per heavy atom. The molecule has 3 aromatic rings. The van der Waals surface area contributed by atoms with Gasteiger partial charge in [0.2, 0.25) is 10.0 Å². The van der Waals surface area contributed by atoms with Crippen molar-refractivity contribution < 1.29 is 13.2 Å². The molecule has 2 saturated heterocycles. The molecule has 4 heterocycles. The second-order valence-electron chi connectivity index (χ2n) is 11.3. The molecule has 0 amide bonds. The van der Waals surface area contributed by atoms with E-state index in [0.29, 0.717) is 17.1 Å². The molecule has 2 aliphatic heterocycles. The zero-order chi connectivity index (χ0) is 28.7. The zero-order valence-corrected chi connectivity index (χ0v) is 25.3. The van der Waals surface area contributed by atoms with Crippen LogP contribution in [0.15, 0.2) is 71.9 Å². The number of hydrogen-bond donors (Lipinski definition) is 0. The first-order valence-corrected chi connectivity index (χ1v) is 15.8. The van der Waals surface area contributed by atoms with E-state index in [-0.39, 0.29) is 29.3 Å². The quantitative estimate of drug-likeness (QED) is 0.382. The first-order chi connectivity index (χ1) is 18.9. The predicted octanol–water partition coefficient (Wildman–Crippen LogP) is 4.96. The van der Waals surface area contributed by atoms with E-state index in [2.05, 4.69) is 42.1 Å². The molecule has 1 aromatic carbocycles. The third kappa shape index (κ3) is 5.72. The summed E-state index contributed by atoms with van der Waals surface area (Å²) in [6.07, 6.45) is 1.47. The number of anilines is 2. The van der Waals surface area contributed by atoms with Crippen LogP contribution in [-0.2, 0) is 10.0 Å². The normalized spacial score (nSPS) is 17.9. The van der Waals surface area contributed by atoms with E-state index >= 15 is 0 Å². The van der Waals surface area contributed by atoms with Gasteiger partial charge in [0.15, 0.2) is 5.78 Å². The summed E-state index contributed by atoms with van der Waals surface area (Å²) >= 11 is 1.45. The number of piperazine rings is 2. The maximum absolute atomic E-state index is 13.5. The van der Waals surface area contributed by atoms with Gasteiger partial charge in [-0.15, -0.1) is 11.3 Å². The van der Waals surface area contributed by atoms with Gasteiger partial charge in [-0.1, -0.05) is 36.9 Å². The molecule has 0 unspecified atom stereocenters. The van der Waals surface area contributed by atoms with Gasteiger partial charge >= 0.3 is 0 Å². The number of ketones is 1. The van der Waals surface area contributed by atoms with E-state index in [4.69, 9.17) is 0 Å². The average molecular weight is 580 g/mol. The maximum atomic E-state index is 13.5. The van der Waals surface area contributed by atoms with Crippen molar-refractivity contribution in [2.24, 2.45) is 0 Å². The second-order valence-corrected chi connectivity index (χ2v) is 14.3. The van der Waals surface area contributed by atoms with E-state index in [0.717, 1.165) is 48.1 Å². The molecule has 2 aliphatic rings. The number of carbonyl (C=O) groups excluding carboxylic acids is 1. The summed E-state index contributed by atoms with van der Waals surface area (Å²) in [6.45, 7) is 16.9. The van der Waals surface area contributed by atoms with Gasteiger partial charge in [0, 0.05) is 68.5 Å². The Kier molecular flexibility index (Phi) is 7.89. The van der Waals surface area contributed by atoms with Crippen molar-refractivity contribution in [1.82, 2.24) is 14.2 Å². The van der Waals surface area contributed by atoms with E-state index in [9.17, 15) is 13.2 Å². The average Bonchev–Trinajstić information content (AvgIpc) is 3.39. The van der Waals surface area contributed by atoms with Crippen LogP contribution >= 0.6 is 11.3 Å². The number of rotatable bonds is 6. The van der Waals surface area contributed by atoms with Gasteiger partial charge in [-0.3, -0.25) is 9.69 Å². The molecule has 40 heavy (non-hydrogen) atoms. The smallest absolute Gasteiger partial charge is 0.245 e. The number of aromatic nitrogens is 1. The van der Waals surface area contributed by atoms with Crippen molar-refractivity contribution in [2.45, 2.75) is 38.1 Å². The van der Waals surface area contributed by atoms with Gasteiger partial charge in [0.05, 0.1) is 17.1 Å². The van der Waals surface area contributed by atoms with Gasteiger partial charge in [-0.2, -0.15) is 4.31 Å². The van der Waals surface area contributed by atoms with E-state index in [1.165, 1.54) is 21.8 Å². The van der Waals surface area contributed by atoms with Crippen LogP contribution in [-0.4, -0.2) is 79.7 Å². The number of benzene rings is 1. The molecule has 8 nitrogen and oxygen atoms in total. The molecule has 0 spiro atoms. The number of nitrogens with zero attached hydrogens (tertiary/aromatic N) is 5. The SMILES string of the molecule is C=C1CN(S(=O)(=O)c2ccc(N3CCN(C(C)(C)C)CC3)nc2)CCN1c1cc(-c2ccccc2)sc1C(C)=O. The number of carbonyl (C=O) groups is 1. The topological polar surface area (TPSA) is 77.1 Å². The molecular formula is C30H37N5O3S2. The fraction of sp³-hybridized carbons (Fsp3) is 0.400. The lowest BCUT2D eigenvalue weighted by Crippen LogP contribution is -2.53. The van der Waals surface area contributed by atoms with Crippen LogP contribution in [0.4, 0.5) is 11.5 Å². The van der Waals surface area contributed by atoms with Crippen LogP contribution in [0.5, 0.6) is 0 Å². The van der Waals surface area contributed by atoms with Gasteiger partial charge in [-0.25, -0.2) is 13.4 Å². The summed E-state index contributed by atoms with van der Waals surface area (Å²) in [5, 5.41) is 0. The summed E-state index contributed by atoms with van der Waals surface area (Å²) in [6, 6.07) is 15.4. The minimum Gasteiger partial charge on any atom is -0.354 e. The lowest BCUT2D eigenvalue weighted by Gasteiger charge is -2.42. The summed E-state index contributed by atoms with van der Waals surface area (Å²) in [4.78, 5) is 25.5. The lowest BCUT2D eigenvalue weighted by atomic mass is 10.1. The van der Waals surface area contributed by atoms with Crippen LogP contribution in [0.3, 0.4) is 0 Å². The largest absolute Gasteiger partial charge is 0.354 e. The second kappa shape index (κ2) is 11.1. The molecule has 0 atom stereocenters. The number of sulfonamides is 1. The zero-order valence-electron chi connectivity index (χ0n) is 23.6. The predicted molar refractivity (Wildman–Crippen MR) is 163 cm³/mol. The van der Waals surface area contributed by atoms with Crippen LogP contribution in [0.2, 0.25) is 0 Å². The summed E-state index contributed by atoms with van der Waals surface area (Å²) in [5.74, 6) is 0.779. The third-order valence-corrected chi connectivity index (χ3v) is 10.7. The first kappa shape index (κ1) is 28.5. The minimum atomic E-state index is -3.75. The molecular weight excluding hydrogens is 542 g/mol. The number of hydrogen-bond acceptors (Lipinski definition) is 8. The first-order valence-electron chi connectivity index (χ1n) is 13.6. The highest BCUT2D eigenvalue weighted by molar-refractivity contribution is 7.89. The van der Waals surface area contributed by atoms with Gasteiger partial charge in [0.25, 0.3) is 0 Å². The summed E-state index contributed by atoms with van der Waals surface area (Å²) in [5.41, 5.74) is 2.60. The number of Topliss-reactive ketones (excluding diaryl/α,β-unsaturated/α-hetero) is 1. The van der Waals surface area contributed by atoms with Gasteiger partial charge in [0.1, 0.15) is 10.7 Å². The van der Waals surface area contributed by atoms with Crippen LogP contribution in [0, 0.1) is 0 Å². The highest BCUT2D eigenvalue weighted by Gasteiger charge is 2.33. The number of thiophene rings is 1. The Morgan fingerprint density at radius 1 is 0.975 bits per heavy atom. The fourth-order valence-electron chi connectivity index (χ4n) is 5.28. The number of pyridine rings is 1. The van der Waals surface area contributed by atoms with Crippen molar-refractivity contribution in [3.05, 3.63) is 71.9 Å². The van der Waals surface area contributed by atoms with Crippen LogP contribution in [0.25, 0.3) is 10.4 Å². The van der Waals surface area contributed by atoms with Crippen molar-refractivity contribution in [2.75, 3.05) is 55.6 Å². The molecule has 0 bridgehead atoms. The Morgan fingerprint density at radius 2 is 1.68 bits per heavy atom. The Bertz CT molecular complexity index is 1490. The molecule has 212 valence electrons. The van der Waals surface area contributed by atoms with E-state index in [1.54, 1.807) is 19.1 Å². The standard InChI is InChI=1S/C30H37N5O3S2/c1-22-21-34(17-18-35(22)26-19-27(39-29(26)23(2)36)24-9-7-6-8-10-24)40(37,38)25-11-12-28(31-20-25)32-13-15-33(16-14-32)30(3,4)5/h6-12,19-20H,1,13-18,21H2,2-5H3. The molecule has 0 saturated carbocycles. The summed E-state index contributed by atoms with van der Waals surface area (Å²) < 4.78 is 28.5. The molecule has 2 aromatic heterocycles. The van der Waals surface area contributed by atoms with Crippen molar-refractivity contribution in [1.29, 1.82) is 0 Å². The highest BCUT2D eigenvalue weighted by Crippen LogP contribution is 2.39. The van der Waals surface area contributed by atoms with Crippen molar-refractivity contribution in [3.8, 4) is 10.4 Å². The third-order valence-electron chi connectivity index (χ3n) is 7.61. The van der Waals surface area contributed by atoms with Gasteiger partial charge < -0.3 is 9.80 Å². The Labute approximate surface area is 241 Å². The van der Waals surface area contributed by atoms with Crippen molar-refractivity contribution >= 4 is 38.6 Å². The lowest BCUT2D eigenvalue weighted by molar-refractivity contribution is 0.102. The van der Waals surface area contributed by atoms with E-state index < -0.39 is 10.0 Å². The monoisotopic (exact) mass is 579 g/mol. The summed E-state index contributed by atoms with van der Waals surface area (Å²) in [7, 11) is -3.75. The van der Waals surface area contributed by atoms with Crippen LogP contribution in [0.1, 0.15) is 37.4 Å². The molecule has 0 N–H and O–H groups in total. The Balaban J connectivity index is 1.28. The highest BCUT2D eigenvalue weighted by atomic mass is 32.2.